The maximum atomic E-state index is 12.0. The van der Waals surface area contributed by atoms with Crippen molar-refractivity contribution in [3.63, 3.8) is 0 Å². The maximum Gasteiger partial charge on any atom is 0.261 e. The Morgan fingerprint density at radius 1 is 0.889 bits per heavy atom. The van der Waals surface area contributed by atoms with E-state index in [0.29, 0.717) is 11.3 Å². The van der Waals surface area contributed by atoms with Gasteiger partial charge in [0.25, 0.3) is 10.0 Å². The summed E-state index contributed by atoms with van der Waals surface area (Å²) in [6.07, 6.45) is 1.72. The average Bonchev–Trinajstić information content (AvgIpc) is 2.40. The van der Waals surface area contributed by atoms with Gasteiger partial charge in [-0.25, -0.2) is 8.42 Å². The number of hydrogen-bond acceptors (Lipinski definition) is 3. The third-order valence-electron chi connectivity index (χ3n) is 2.31. The standard InChI is InChI=1S/C13H10NO3S/c15-10-11-6-8-12(9-7-11)14-18(16,17)13-4-2-1-3-5-13/h1-9,14H. The molecule has 1 radical (unpaired) electrons. The molecular weight excluding hydrogens is 250 g/mol. The third kappa shape index (κ3) is 2.75. The lowest BCUT2D eigenvalue weighted by Gasteiger charge is -2.07. The molecule has 2 aromatic carbocycles. The van der Waals surface area contributed by atoms with E-state index in [4.69, 9.17) is 0 Å². The highest BCUT2D eigenvalue weighted by molar-refractivity contribution is 7.92. The Kier molecular flexibility index (Phi) is 3.43. The van der Waals surface area contributed by atoms with E-state index >= 15 is 0 Å². The van der Waals surface area contributed by atoms with Gasteiger partial charge in [-0.15, -0.1) is 0 Å². The topological polar surface area (TPSA) is 63.2 Å². The van der Waals surface area contributed by atoms with Crippen molar-refractivity contribution in [2.75, 3.05) is 4.72 Å². The molecule has 0 fully saturated rings. The molecule has 0 heterocycles. The minimum Gasteiger partial charge on any atom is -0.285 e. The van der Waals surface area contributed by atoms with Gasteiger partial charge in [-0.2, -0.15) is 0 Å². The van der Waals surface area contributed by atoms with Gasteiger partial charge in [-0.1, -0.05) is 18.2 Å². The first-order valence-corrected chi connectivity index (χ1v) is 6.66. The number of anilines is 1. The van der Waals surface area contributed by atoms with Crippen molar-refractivity contribution in [1.29, 1.82) is 0 Å². The van der Waals surface area contributed by atoms with Gasteiger partial charge >= 0.3 is 0 Å². The molecule has 0 amide bonds. The van der Waals surface area contributed by atoms with Crippen LogP contribution < -0.4 is 4.72 Å². The maximum absolute atomic E-state index is 12.0. The lowest BCUT2D eigenvalue weighted by Crippen LogP contribution is -2.12. The molecule has 18 heavy (non-hydrogen) atoms. The average molecular weight is 260 g/mol. The van der Waals surface area contributed by atoms with E-state index in [1.807, 2.05) is 0 Å². The molecule has 0 aliphatic rings. The predicted molar refractivity (Wildman–Crippen MR) is 68.5 cm³/mol. The second kappa shape index (κ2) is 5.01. The third-order valence-corrected chi connectivity index (χ3v) is 3.71. The second-order valence-electron chi connectivity index (χ2n) is 3.60. The Morgan fingerprint density at radius 3 is 2.06 bits per heavy atom. The van der Waals surface area contributed by atoms with E-state index in [1.54, 1.807) is 24.5 Å². The zero-order valence-electron chi connectivity index (χ0n) is 9.33. The molecule has 2 aromatic rings. The van der Waals surface area contributed by atoms with Gasteiger partial charge in [0, 0.05) is 11.3 Å². The number of nitrogens with one attached hydrogen (secondary N) is 1. The van der Waals surface area contributed by atoms with Gasteiger partial charge in [0.2, 0.25) is 6.29 Å². The molecule has 0 atom stereocenters. The van der Waals surface area contributed by atoms with Crippen LogP contribution in [0.4, 0.5) is 5.69 Å². The molecule has 0 saturated heterocycles. The summed E-state index contributed by atoms with van der Waals surface area (Å²) in [5.74, 6) is 0. The zero-order valence-corrected chi connectivity index (χ0v) is 10.1. The smallest absolute Gasteiger partial charge is 0.261 e. The number of hydrogen-bond donors (Lipinski definition) is 1. The molecule has 0 bridgehead atoms. The Labute approximate surface area is 105 Å². The van der Waals surface area contributed by atoms with Crippen LogP contribution in [0.25, 0.3) is 0 Å². The van der Waals surface area contributed by atoms with Crippen LogP contribution >= 0.6 is 0 Å². The van der Waals surface area contributed by atoms with Crippen molar-refractivity contribution >= 4 is 22.0 Å². The molecule has 0 aliphatic heterocycles. The number of carbonyl (C=O) groups excluding carboxylic acids is 1. The monoisotopic (exact) mass is 260 g/mol. The fourth-order valence-corrected chi connectivity index (χ4v) is 2.50. The van der Waals surface area contributed by atoms with E-state index < -0.39 is 10.0 Å². The highest BCUT2D eigenvalue weighted by atomic mass is 32.2. The summed E-state index contributed by atoms with van der Waals surface area (Å²) in [5.41, 5.74) is 0.774. The van der Waals surface area contributed by atoms with Crippen LogP contribution in [0.1, 0.15) is 5.56 Å². The first-order valence-electron chi connectivity index (χ1n) is 5.18. The SMILES string of the molecule is O=[C]c1ccc(NS(=O)(=O)c2ccccc2)cc1. The van der Waals surface area contributed by atoms with Crippen LogP contribution in [0.3, 0.4) is 0 Å². The number of rotatable bonds is 4. The van der Waals surface area contributed by atoms with Crippen LogP contribution in [0.15, 0.2) is 59.5 Å². The molecule has 0 spiro atoms. The van der Waals surface area contributed by atoms with E-state index in [0.717, 1.165) is 0 Å². The van der Waals surface area contributed by atoms with Crippen molar-refractivity contribution in [3.05, 3.63) is 60.2 Å². The molecule has 2 rings (SSSR count). The lowest BCUT2D eigenvalue weighted by atomic mass is 10.2. The van der Waals surface area contributed by atoms with Gasteiger partial charge in [0.1, 0.15) is 0 Å². The van der Waals surface area contributed by atoms with Crippen LogP contribution in [-0.4, -0.2) is 14.7 Å². The number of sulfonamides is 1. The van der Waals surface area contributed by atoms with E-state index in [9.17, 15) is 13.2 Å². The summed E-state index contributed by atoms with van der Waals surface area (Å²) >= 11 is 0. The van der Waals surface area contributed by atoms with Gasteiger partial charge in [-0.3, -0.25) is 9.52 Å². The van der Waals surface area contributed by atoms with Gasteiger partial charge < -0.3 is 0 Å². The summed E-state index contributed by atoms with van der Waals surface area (Å²) in [6, 6.07) is 14.1. The molecule has 5 heteroatoms. The minimum absolute atomic E-state index is 0.191. The highest BCUT2D eigenvalue weighted by Crippen LogP contribution is 2.15. The first-order chi connectivity index (χ1) is 8.62. The quantitative estimate of drug-likeness (QED) is 0.913. The van der Waals surface area contributed by atoms with E-state index in [-0.39, 0.29) is 4.90 Å². The van der Waals surface area contributed by atoms with E-state index in [1.165, 1.54) is 36.4 Å². The van der Waals surface area contributed by atoms with Crippen LogP contribution in [0, 0.1) is 0 Å². The molecule has 0 unspecified atom stereocenters. The van der Waals surface area contributed by atoms with Crippen LogP contribution in [0.5, 0.6) is 0 Å². The molecule has 91 valence electrons. The minimum atomic E-state index is -3.58. The fraction of sp³-hybridized carbons (Fsp3) is 0. The van der Waals surface area contributed by atoms with Gasteiger partial charge in [-0.05, 0) is 36.4 Å². The van der Waals surface area contributed by atoms with Crippen molar-refractivity contribution in [3.8, 4) is 0 Å². The normalized spacial score (nSPS) is 10.9. The molecule has 4 nitrogen and oxygen atoms in total. The molecule has 0 saturated carbocycles. The fourth-order valence-electron chi connectivity index (χ4n) is 1.42. The molecule has 0 aliphatic carbocycles. The van der Waals surface area contributed by atoms with Gasteiger partial charge in [0.05, 0.1) is 4.90 Å². The summed E-state index contributed by atoms with van der Waals surface area (Å²) in [5, 5.41) is 0. The van der Waals surface area contributed by atoms with Crippen LogP contribution in [-0.2, 0) is 14.8 Å². The summed E-state index contributed by atoms with van der Waals surface area (Å²) in [7, 11) is -3.58. The number of benzene rings is 2. The first kappa shape index (κ1) is 12.3. The van der Waals surface area contributed by atoms with Gasteiger partial charge in [0.15, 0.2) is 0 Å². The van der Waals surface area contributed by atoms with Crippen molar-refractivity contribution < 1.29 is 13.2 Å². The lowest BCUT2D eigenvalue weighted by molar-refractivity contribution is 0.563. The van der Waals surface area contributed by atoms with Crippen LogP contribution in [0.2, 0.25) is 0 Å². The molecular formula is C13H10NO3S. The Hall–Kier alpha value is -2.14. The Balaban J connectivity index is 2.25. The predicted octanol–water partition coefficient (Wildman–Crippen LogP) is 1.95. The summed E-state index contributed by atoms with van der Waals surface area (Å²) < 4.78 is 26.4. The Bertz CT molecular complexity index is 634. The van der Waals surface area contributed by atoms with E-state index in [2.05, 4.69) is 4.72 Å². The zero-order chi connectivity index (χ0) is 13.0. The molecule has 0 aromatic heterocycles. The largest absolute Gasteiger partial charge is 0.285 e. The molecule has 1 N–H and O–H groups in total. The van der Waals surface area contributed by atoms with Crippen molar-refractivity contribution in [1.82, 2.24) is 0 Å². The second-order valence-corrected chi connectivity index (χ2v) is 5.28. The summed E-state index contributed by atoms with van der Waals surface area (Å²) in [4.78, 5) is 10.6. The Morgan fingerprint density at radius 2 is 1.50 bits per heavy atom. The highest BCUT2D eigenvalue weighted by Gasteiger charge is 2.12. The van der Waals surface area contributed by atoms with Crippen molar-refractivity contribution in [2.45, 2.75) is 4.90 Å². The van der Waals surface area contributed by atoms with Crippen molar-refractivity contribution in [2.24, 2.45) is 0 Å². The summed E-state index contributed by atoms with van der Waals surface area (Å²) in [6.45, 7) is 0.